The lowest BCUT2D eigenvalue weighted by Gasteiger charge is -2.08. The summed E-state index contributed by atoms with van der Waals surface area (Å²) in [4.78, 5) is 31.9. The van der Waals surface area contributed by atoms with Gasteiger partial charge >= 0.3 is 6.09 Å². The molecule has 10 heteroatoms. The fraction of sp³-hybridized carbons (Fsp3) is 0.0714. The molecule has 0 saturated heterocycles. The average Bonchev–Trinajstić information content (AvgIpc) is 2.48. The molecule has 1 amide bonds. The minimum atomic E-state index is -1.06. The molecule has 2 rings (SSSR count). The summed E-state index contributed by atoms with van der Waals surface area (Å²) >= 11 is 0. The first kappa shape index (κ1) is 16.8. The van der Waals surface area contributed by atoms with Crippen LogP contribution in [-0.2, 0) is 0 Å². The van der Waals surface area contributed by atoms with Crippen molar-refractivity contribution in [2.24, 2.45) is 0 Å². The first-order valence-electron chi connectivity index (χ1n) is 6.45. The van der Waals surface area contributed by atoms with Crippen molar-refractivity contribution in [1.82, 2.24) is 0 Å². The summed E-state index contributed by atoms with van der Waals surface area (Å²) in [5.41, 5.74) is -0.744. The molecule has 0 aliphatic carbocycles. The SMILES string of the molecule is Cc1cc(OC(=O)Nc2ccc(F)cc2[N+](=O)[O-])ccc1[N+](=O)[O-]. The van der Waals surface area contributed by atoms with Crippen molar-refractivity contribution >= 4 is 23.2 Å². The van der Waals surface area contributed by atoms with Gasteiger partial charge in [-0.15, -0.1) is 0 Å². The van der Waals surface area contributed by atoms with Crippen molar-refractivity contribution in [1.29, 1.82) is 0 Å². The third-order valence-electron chi connectivity index (χ3n) is 2.97. The van der Waals surface area contributed by atoms with E-state index >= 15 is 0 Å². The summed E-state index contributed by atoms with van der Waals surface area (Å²) in [5.74, 6) is -0.813. The van der Waals surface area contributed by atoms with Gasteiger partial charge in [-0.2, -0.15) is 0 Å². The Morgan fingerprint density at radius 1 is 1.08 bits per heavy atom. The quantitative estimate of drug-likeness (QED) is 0.672. The van der Waals surface area contributed by atoms with E-state index in [0.717, 1.165) is 18.2 Å². The van der Waals surface area contributed by atoms with Gasteiger partial charge in [-0.25, -0.2) is 9.18 Å². The number of benzene rings is 2. The second kappa shape index (κ2) is 6.69. The number of hydrogen-bond acceptors (Lipinski definition) is 6. The van der Waals surface area contributed by atoms with Gasteiger partial charge in [-0.3, -0.25) is 25.5 Å². The zero-order valence-corrected chi connectivity index (χ0v) is 12.2. The first-order chi connectivity index (χ1) is 11.3. The molecule has 9 nitrogen and oxygen atoms in total. The maximum atomic E-state index is 13.0. The number of rotatable bonds is 4. The molecule has 0 unspecified atom stereocenters. The highest BCUT2D eigenvalue weighted by Gasteiger charge is 2.18. The summed E-state index contributed by atoms with van der Waals surface area (Å²) in [7, 11) is 0. The van der Waals surface area contributed by atoms with E-state index in [1.165, 1.54) is 19.1 Å². The number of nitro benzene ring substituents is 2. The average molecular weight is 335 g/mol. The van der Waals surface area contributed by atoms with Crippen LogP contribution in [0.15, 0.2) is 36.4 Å². The van der Waals surface area contributed by atoms with Crippen molar-refractivity contribution in [2.45, 2.75) is 6.92 Å². The highest BCUT2D eigenvalue weighted by atomic mass is 19.1. The molecule has 0 heterocycles. The highest BCUT2D eigenvalue weighted by molar-refractivity contribution is 5.89. The molecular weight excluding hydrogens is 325 g/mol. The van der Waals surface area contributed by atoms with Crippen molar-refractivity contribution < 1.29 is 23.8 Å². The Bertz CT molecular complexity index is 839. The van der Waals surface area contributed by atoms with E-state index in [0.29, 0.717) is 6.07 Å². The van der Waals surface area contributed by atoms with Crippen LogP contribution in [0.1, 0.15) is 5.56 Å². The number of anilines is 1. The van der Waals surface area contributed by atoms with Gasteiger partial charge in [0.2, 0.25) is 0 Å². The standard InChI is InChI=1S/C14H10FN3O6/c1-8-6-10(3-5-12(8)17(20)21)24-14(19)16-11-4-2-9(15)7-13(11)18(22)23/h2-7H,1H3,(H,16,19). The molecule has 0 radical (unpaired) electrons. The largest absolute Gasteiger partial charge is 0.417 e. The topological polar surface area (TPSA) is 125 Å². The third-order valence-corrected chi connectivity index (χ3v) is 2.97. The Morgan fingerprint density at radius 2 is 1.75 bits per heavy atom. The van der Waals surface area contributed by atoms with E-state index in [2.05, 4.69) is 5.32 Å². The Kier molecular flexibility index (Phi) is 4.68. The van der Waals surface area contributed by atoms with Gasteiger partial charge in [-0.1, -0.05) is 0 Å². The predicted molar refractivity (Wildman–Crippen MR) is 80.5 cm³/mol. The number of halogens is 1. The van der Waals surface area contributed by atoms with Crippen LogP contribution >= 0.6 is 0 Å². The molecule has 0 spiro atoms. The van der Waals surface area contributed by atoms with E-state index in [1.807, 2.05) is 0 Å². The van der Waals surface area contributed by atoms with Crippen LogP contribution in [0, 0.1) is 33.0 Å². The molecule has 0 atom stereocenters. The molecule has 124 valence electrons. The van der Waals surface area contributed by atoms with Gasteiger partial charge < -0.3 is 4.74 Å². The van der Waals surface area contributed by atoms with Gasteiger partial charge in [0.15, 0.2) is 0 Å². The second-order valence-electron chi connectivity index (χ2n) is 4.64. The molecule has 0 aromatic heterocycles. The van der Waals surface area contributed by atoms with Gasteiger partial charge in [0.05, 0.1) is 15.9 Å². The monoisotopic (exact) mass is 335 g/mol. The zero-order chi connectivity index (χ0) is 17.9. The number of aryl methyl sites for hydroxylation is 1. The van der Waals surface area contributed by atoms with Crippen LogP contribution in [0.25, 0.3) is 0 Å². The maximum absolute atomic E-state index is 13.0. The van der Waals surface area contributed by atoms with E-state index < -0.39 is 27.4 Å². The summed E-state index contributed by atoms with van der Waals surface area (Å²) in [6, 6.07) is 6.28. The summed E-state index contributed by atoms with van der Waals surface area (Å²) in [5, 5.41) is 23.7. The number of ether oxygens (including phenoxy) is 1. The normalized spacial score (nSPS) is 10.1. The molecule has 0 fully saturated rings. The molecule has 1 N–H and O–H groups in total. The highest BCUT2D eigenvalue weighted by Crippen LogP contribution is 2.26. The van der Waals surface area contributed by atoms with E-state index in [9.17, 15) is 29.4 Å². The molecule has 0 aliphatic heterocycles. The summed E-state index contributed by atoms with van der Waals surface area (Å²) < 4.78 is 17.9. The van der Waals surface area contributed by atoms with Crippen LogP contribution in [0.5, 0.6) is 5.75 Å². The fourth-order valence-corrected chi connectivity index (χ4v) is 1.90. The lowest BCUT2D eigenvalue weighted by molar-refractivity contribution is -0.385. The Hall–Kier alpha value is -3.56. The lowest BCUT2D eigenvalue weighted by atomic mass is 10.2. The first-order valence-corrected chi connectivity index (χ1v) is 6.45. The second-order valence-corrected chi connectivity index (χ2v) is 4.64. The van der Waals surface area contributed by atoms with Crippen molar-refractivity contribution in [3.63, 3.8) is 0 Å². The molecule has 2 aromatic rings. The van der Waals surface area contributed by atoms with Crippen molar-refractivity contribution in [2.75, 3.05) is 5.32 Å². The van der Waals surface area contributed by atoms with Crippen molar-refractivity contribution in [3.05, 3.63) is 68.0 Å². The van der Waals surface area contributed by atoms with Gasteiger partial charge in [-0.05, 0) is 31.2 Å². The van der Waals surface area contributed by atoms with Crippen LogP contribution in [0.3, 0.4) is 0 Å². The molecule has 2 aromatic carbocycles. The van der Waals surface area contributed by atoms with Gasteiger partial charge in [0, 0.05) is 11.6 Å². The number of nitrogens with one attached hydrogen (secondary N) is 1. The number of nitro groups is 2. The fourth-order valence-electron chi connectivity index (χ4n) is 1.90. The lowest BCUT2D eigenvalue weighted by Crippen LogP contribution is -2.17. The minimum absolute atomic E-state index is 0.0142. The van der Waals surface area contributed by atoms with Crippen LogP contribution in [0.4, 0.5) is 26.2 Å². The van der Waals surface area contributed by atoms with E-state index in [1.54, 1.807) is 0 Å². The molecule has 0 saturated carbocycles. The number of amides is 1. The zero-order valence-electron chi connectivity index (χ0n) is 12.2. The number of carbonyl (C=O) groups excluding carboxylic acids is 1. The number of nitrogens with zero attached hydrogens (tertiary/aromatic N) is 2. The van der Waals surface area contributed by atoms with Gasteiger partial charge in [0.1, 0.15) is 17.3 Å². The third kappa shape index (κ3) is 3.80. The van der Waals surface area contributed by atoms with Crippen LogP contribution in [0.2, 0.25) is 0 Å². The van der Waals surface area contributed by atoms with E-state index in [4.69, 9.17) is 4.74 Å². The Morgan fingerprint density at radius 3 is 2.33 bits per heavy atom. The summed E-state index contributed by atoms with van der Waals surface area (Å²) in [6.45, 7) is 1.47. The smallest absolute Gasteiger partial charge is 0.410 e. The Balaban J connectivity index is 2.16. The molecule has 0 bridgehead atoms. The molecular formula is C14H10FN3O6. The van der Waals surface area contributed by atoms with E-state index in [-0.39, 0.29) is 22.7 Å². The number of carbonyl (C=O) groups is 1. The summed E-state index contributed by atoms with van der Waals surface area (Å²) in [6.07, 6.45) is -1.06. The molecule has 24 heavy (non-hydrogen) atoms. The van der Waals surface area contributed by atoms with Crippen molar-refractivity contribution in [3.8, 4) is 5.75 Å². The minimum Gasteiger partial charge on any atom is -0.410 e. The Labute approximate surface area is 134 Å². The maximum Gasteiger partial charge on any atom is 0.417 e. The predicted octanol–water partition coefficient (Wildman–Crippen LogP) is 3.56. The van der Waals surface area contributed by atoms with Crippen LogP contribution in [-0.4, -0.2) is 15.9 Å². The number of hydrogen-bond donors (Lipinski definition) is 1. The van der Waals surface area contributed by atoms with Crippen LogP contribution < -0.4 is 10.1 Å². The molecule has 0 aliphatic rings. The van der Waals surface area contributed by atoms with Gasteiger partial charge in [0.25, 0.3) is 11.4 Å².